The molecule has 0 saturated carbocycles. The van der Waals surface area contributed by atoms with Crippen LogP contribution in [0.5, 0.6) is 0 Å². The van der Waals surface area contributed by atoms with Gasteiger partial charge in [-0.2, -0.15) is 0 Å². The monoisotopic (exact) mass is 233 g/mol. The van der Waals surface area contributed by atoms with Gasteiger partial charge in [-0.1, -0.05) is 6.92 Å². The maximum atomic E-state index is 12.8. The second kappa shape index (κ2) is 5.11. The van der Waals surface area contributed by atoms with Gasteiger partial charge in [0.25, 0.3) is 0 Å². The van der Waals surface area contributed by atoms with Crippen LogP contribution in [0.3, 0.4) is 0 Å². The van der Waals surface area contributed by atoms with Gasteiger partial charge in [0.2, 0.25) is 11.8 Å². The van der Waals surface area contributed by atoms with Crippen molar-refractivity contribution in [1.82, 2.24) is 4.90 Å². The lowest BCUT2D eigenvalue weighted by molar-refractivity contribution is -0.138. The molecule has 0 radical (unpaired) electrons. The summed E-state index contributed by atoms with van der Waals surface area (Å²) in [4.78, 5) is 13.6. The van der Waals surface area contributed by atoms with E-state index in [0.717, 1.165) is 13.3 Å². The van der Waals surface area contributed by atoms with E-state index in [0.29, 0.717) is 13.0 Å². The Morgan fingerprint density at radius 2 is 2.19 bits per heavy atom. The number of likely N-dealkylation sites (tertiary alicyclic amines) is 1. The molecular formula is C12H21F2NO. The number of alkyl halides is 2. The molecule has 2 atom stereocenters. The predicted molar refractivity (Wildman–Crippen MR) is 59.4 cm³/mol. The summed E-state index contributed by atoms with van der Waals surface area (Å²) in [6.45, 7) is 5.60. The van der Waals surface area contributed by atoms with Crippen molar-refractivity contribution in [2.24, 2.45) is 5.92 Å². The fourth-order valence-corrected chi connectivity index (χ4v) is 2.28. The Bertz CT molecular complexity index is 250. The van der Waals surface area contributed by atoms with Crippen LogP contribution < -0.4 is 0 Å². The van der Waals surface area contributed by atoms with Crippen LogP contribution in [0.15, 0.2) is 0 Å². The summed E-state index contributed by atoms with van der Waals surface area (Å²) >= 11 is 0. The summed E-state index contributed by atoms with van der Waals surface area (Å²) in [7, 11) is 0. The summed E-state index contributed by atoms with van der Waals surface area (Å²) < 4.78 is 25.7. The summed E-state index contributed by atoms with van der Waals surface area (Å²) in [5.41, 5.74) is 0. The molecule has 0 spiro atoms. The smallest absolute Gasteiger partial charge is 0.245 e. The molecule has 2 unspecified atom stereocenters. The Hall–Kier alpha value is -0.670. The molecule has 1 amide bonds. The van der Waals surface area contributed by atoms with E-state index < -0.39 is 5.92 Å². The summed E-state index contributed by atoms with van der Waals surface area (Å²) in [6.07, 6.45) is 1.75. The van der Waals surface area contributed by atoms with Gasteiger partial charge in [-0.3, -0.25) is 4.79 Å². The Morgan fingerprint density at radius 1 is 1.56 bits per heavy atom. The number of piperidine rings is 1. The van der Waals surface area contributed by atoms with Crippen molar-refractivity contribution < 1.29 is 13.6 Å². The molecule has 2 nitrogen and oxygen atoms in total. The van der Waals surface area contributed by atoms with Gasteiger partial charge in [-0.05, 0) is 32.6 Å². The summed E-state index contributed by atoms with van der Waals surface area (Å²) in [5.74, 6) is -2.76. The molecule has 0 aromatic carbocycles. The quantitative estimate of drug-likeness (QED) is 0.730. The van der Waals surface area contributed by atoms with Crippen molar-refractivity contribution >= 4 is 5.91 Å². The van der Waals surface area contributed by atoms with Gasteiger partial charge in [0.15, 0.2) is 0 Å². The van der Waals surface area contributed by atoms with Crippen molar-refractivity contribution in [3.63, 3.8) is 0 Å². The highest BCUT2D eigenvalue weighted by Gasteiger charge is 2.33. The third-order valence-corrected chi connectivity index (χ3v) is 3.33. The van der Waals surface area contributed by atoms with Crippen molar-refractivity contribution in [2.75, 3.05) is 6.54 Å². The molecule has 0 aromatic heterocycles. The van der Waals surface area contributed by atoms with Crippen LogP contribution in [-0.2, 0) is 4.79 Å². The maximum Gasteiger partial charge on any atom is 0.245 e. The third-order valence-electron chi connectivity index (χ3n) is 3.33. The average Bonchev–Trinajstić information content (AvgIpc) is 2.14. The Morgan fingerprint density at radius 3 is 2.62 bits per heavy atom. The number of amides is 1. The van der Waals surface area contributed by atoms with Gasteiger partial charge in [-0.25, -0.2) is 8.78 Å². The van der Waals surface area contributed by atoms with Crippen LogP contribution in [0, 0.1) is 5.92 Å². The molecule has 0 aliphatic carbocycles. The molecule has 94 valence electrons. The number of rotatable bonds is 4. The third kappa shape index (κ3) is 3.72. The van der Waals surface area contributed by atoms with E-state index >= 15 is 0 Å². The van der Waals surface area contributed by atoms with Crippen molar-refractivity contribution in [2.45, 2.75) is 58.4 Å². The van der Waals surface area contributed by atoms with Crippen LogP contribution in [0.4, 0.5) is 8.78 Å². The van der Waals surface area contributed by atoms with Gasteiger partial charge in [-0.15, -0.1) is 0 Å². The van der Waals surface area contributed by atoms with Crippen molar-refractivity contribution in [3.05, 3.63) is 0 Å². The Kier molecular flexibility index (Phi) is 4.28. The molecule has 16 heavy (non-hydrogen) atoms. The molecule has 0 bridgehead atoms. The molecule has 0 N–H and O–H groups in total. The molecule has 1 fully saturated rings. The van der Waals surface area contributed by atoms with E-state index in [2.05, 4.69) is 0 Å². The van der Waals surface area contributed by atoms with Crippen LogP contribution in [-0.4, -0.2) is 29.3 Å². The number of hydrogen-bond acceptors (Lipinski definition) is 1. The topological polar surface area (TPSA) is 20.3 Å². The van der Waals surface area contributed by atoms with Crippen LogP contribution in [0.2, 0.25) is 0 Å². The second-order valence-corrected chi connectivity index (χ2v) is 4.98. The second-order valence-electron chi connectivity index (χ2n) is 4.98. The first kappa shape index (κ1) is 13.4. The van der Waals surface area contributed by atoms with E-state index in [1.165, 1.54) is 0 Å². The number of carbonyl (C=O) groups excluding carboxylic acids is 1. The number of halogens is 2. The van der Waals surface area contributed by atoms with Gasteiger partial charge in [0, 0.05) is 25.4 Å². The first-order valence-corrected chi connectivity index (χ1v) is 6.00. The zero-order valence-corrected chi connectivity index (χ0v) is 10.3. The highest BCUT2D eigenvalue weighted by molar-refractivity contribution is 5.77. The molecule has 1 aliphatic heterocycles. The summed E-state index contributed by atoms with van der Waals surface area (Å²) in [6, 6.07) is 0.232. The molecule has 4 heteroatoms. The molecule has 1 rings (SSSR count). The van der Waals surface area contributed by atoms with E-state index in [1.807, 2.05) is 18.7 Å². The highest BCUT2D eigenvalue weighted by atomic mass is 19.3. The maximum absolute atomic E-state index is 12.8. The first-order chi connectivity index (χ1) is 7.33. The van der Waals surface area contributed by atoms with E-state index in [1.54, 1.807) is 0 Å². The van der Waals surface area contributed by atoms with Crippen molar-refractivity contribution in [3.8, 4) is 0 Å². The van der Waals surface area contributed by atoms with Gasteiger partial charge >= 0.3 is 0 Å². The zero-order valence-electron chi connectivity index (χ0n) is 10.3. The van der Waals surface area contributed by atoms with Gasteiger partial charge in [0.1, 0.15) is 0 Å². The minimum absolute atomic E-state index is 0.0369. The molecular weight excluding hydrogens is 212 g/mol. The predicted octanol–water partition coefficient (Wildman–Crippen LogP) is 3.07. The lowest BCUT2D eigenvalue weighted by atomic mass is 9.90. The lowest BCUT2D eigenvalue weighted by Crippen LogP contribution is -2.44. The zero-order chi connectivity index (χ0) is 12.3. The van der Waals surface area contributed by atoms with E-state index in [-0.39, 0.29) is 30.7 Å². The first-order valence-electron chi connectivity index (χ1n) is 6.00. The Labute approximate surface area is 96.0 Å². The lowest BCUT2D eigenvalue weighted by Gasteiger charge is -2.36. The van der Waals surface area contributed by atoms with Gasteiger partial charge in [0.05, 0.1) is 0 Å². The van der Waals surface area contributed by atoms with Crippen LogP contribution in [0.25, 0.3) is 0 Å². The largest absolute Gasteiger partial charge is 0.340 e. The van der Waals surface area contributed by atoms with Crippen LogP contribution >= 0.6 is 0 Å². The highest BCUT2D eigenvalue weighted by Crippen LogP contribution is 2.30. The van der Waals surface area contributed by atoms with E-state index in [4.69, 9.17) is 0 Å². The number of nitrogens with zero attached hydrogens (tertiary/aromatic N) is 1. The normalized spacial score (nSPS) is 24.7. The standard InChI is InChI=1S/C12H21F2NO/c1-4-9(2)15-6-5-10(7-11(15)16)8-12(3,13)14/h9-10H,4-8H2,1-3H3. The fourth-order valence-electron chi connectivity index (χ4n) is 2.28. The molecule has 0 aromatic rings. The average molecular weight is 233 g/mol. The SMILES string of the molecule is CCC(C)N1CCC(CC(C)(F)F)CC1=O. The minimum Gasteiger partial charge on any atom is -0.340 e. The molecule has 1 saturated heterocycles. The van der Waals surface area contributed by atoms with Crippen molar-refractivity contribution in [1.29, 1.82) is 0 Å². The van der Waals surface area contributed by atoms with E-state index in [9.17, 15) is 13.6 Å². The fraction of sp³-hybridized carbons (Fsp3) is 0.917. The van der Waals surface area contributed by atoms with Crippen LogP contribution in [0.1, 0.15) is 46.5 Å². The van der Waals surface area contributed by atoms with Gasteiger partial charge < -0.3 is 4.90 Å². The number of hydrogen-bond donors (Lipinski definition) is 0. The minimum atomic E-state index is -2.65. The summed E-state index contributed by atoms with van der Waals surface area (Å²) in [5, 5.41) is 0. The number of carbonyl (C=O) groups is 1. The molecule has 1 aliphatic rings. The molecule has 1 heterocycles. The Balaban J connectivity index is 2.49.